The first-order valence-electron chi connectivity index (χ1n) is 9.80. The largest absolute Gasteiger partial charge is 0.454 e. The van der Waals surface area contributed by atoms with E-state index in [1.165, 1.54) is 0 Å². The van der Waals surface area contributed by atoms with E-state index in [1.807, 2.05) is 36.4 Å². The van der Waals surface area contributed by atoms with Crippen LogP contribution in [0.2, 0.25) is 0 Å². The molecule has 0 saturated carbocycles. The van der Waals surface area contributed by atoms with E-state index >= 15 is 0 Å². The second-order valence-corrected chi connectivity index (χ2v) is 7.25. The van der Waals surface area contributed by atoms with Gasteiger partial charge in [-0.3, -0.25) is 9.59 Å². The van der Waals surface area contributed by atoms with E-state index in [2.05, 4.69) is 0 Å². The third kappa shape index (κ3) is 3.64. The molecule has 5 rings (SSSR count). The summed E-state index contributed by atoms with van der Waals surface area (Å²) < 4.78 is 22.1. The maximum Gasteiger partial charge on any atom is 0.315 e. The molecule has 0 spiro atoms. The standard InChI is InChI=1S/C25H18O6/c1-15-19(30-23(26)13-16-5-3-2-4-6-16)10-8-18-24(27)22(31-25(15)18)12-17-7-9-20-21(11-17)29-14-28-20/h2-12H,13-14H2,1H3/b22-12-. The van der Waals surface area contributed by atoms with Crippen molar-refractivity contribution in [3.63, 3.8) is 0 Å². The number of hydrogen-bond donors (Lipinski definition) is 0. The third-order valence-electron chi connectivity index (χ3n) is 5.15. The highest BCUT2D eigenvalue weighted by atomic mass is 16.7. The zero-order valence-electron chi connectivity index (χ0n) is 16.7. The van der Waals surface area contributed by atoms with Gasteiger partial charge in [0.15, 0.2) is 17.3 Å². The molecule has 2 heterocycles. The number of rotatable bonds is 4. The summed E-state index contributed by atoms with van der Waals surface area (Å²) in [6, 6.07) is 18.0. The second-order valence-electron chi connectivity index (χ2n) is 7.25. The lowest BCUT2D eigenvalue weighted by Gasteiger charge is -2.10. The van der Waals surface area contributed by atoms with Gasteiger partial charge in [-0.25, -0.2) is 0 Å². The number of benzene rings is 3. The Morgan fingerprint density at radius 2 is 1.84 bits per heavy atom. The minimum atomic E-state index is -0.380. The summed E-state index contributed by atoms with van der Waals surface area (Å²) >= 11 is 0. The summed E-state index contributed by atoms with van der Waals surface area (Å²) in [5.41, 5.74) is 2.66. The van der Waals surface area contributed by atoms with E-state index in [9.17, 15) is 9.59 Å². The minimum Gasteiger partial charge on any atom is -0.454 e. The quantitative estimate of drug-likeness (QED) is 0.356. The third-order valence-corrected chi connectivity index (χ3v) is 5.15. The predicted molar refractivity (Wildman–Crippen MR) is 112 cm³/mol. The molecule has 3 aromatic carbocycles. The van der Waals surface area contributed by atoms with Gasteiger partial charge in [0.1, 0.15) is 11.5 Å². The molecular formula is C25H18O6. The van der Waals surface area contributed by atoms with E-state index < -0.39 is 0 Å². The van der Waals surface area contributed by atoms with E-state index in [1.54, 1.807) is 37.3 Å². The summed E-state index contributed by atoms with van der Waals surface area (Å²) in [6.07, 6.45) is 1.82. The lowest BCUT2D eigenvalue weighted by atomic mass is 10.1. The molecule has 0 aromatic heterocycles. The number of esters is 1. The molecule has 0 amide bonds. The van der Waals surface area contributed by atoms with E-state index in [0.717, 1.165) is 11.1 Å². The Kier molecular flexibility index (Phi) is 4.67. The number of allylic oxidation sites excluding steroid dienone is 1. The lowest BCUT2D eigenvalue weighted by molar-refractivity contribution is -0.133. The van der Waals surface area contributed by atoms with Crippen LogP contribution in [0.5, 0.6) is 23.0 Å². The van der Waals surface area contributed by atoms with Gasteiger partial charge in [0.2, 0.25) is 12.6 Å². The predicted octanol–water partition coefficient (Wildman–Crippen LogP) is 4.49. The first-order valence-corrected chi connectivity index (χ1v) is 9.80. The normalized spacial score (nSPS) is 15.0. The topological polar surface area (TPSA) is 71.1 Å². The molecule has 0 unspecified atom stereocenters. The van der Waals surface area contributed by atoms with Crippen molar-refractivity contribution in [3.05, 3.63) is 88.7 Å². The van der Waals surface area contributed by atoms with Gasteiger partial charge in [-0.05, 0) is 48.4 Å². The van der Waals surface area contributed by atoms with E-state index in [-0.39, 0.29) is 30.7 Å². The van der Waals surface area contributed by atoms with E-state index in [0.29, 0.717) is 34.1 Å². The SMILES string of the molecule is Cc1c(OC(=O)Cc2ccccc2)ccc2c1O/C(=C\c1ccc3c(c1)OCO3)C2=O. The van der Waals surface area contributed by atoms with Crippen molar-refractivity contribution in [2.45, 2.75) is 13.3 Å². The molecule has 0 atom stereocenters. The molecule has 2 aliphatic rings. The Hall–Kier alpha value is -4.06. The van der Waals surface area contributed by atoms with E-state index in [4.69, 9.17) is 18.9 Å². The molecule has 2 aliphatic heterocycles. The molecule has 0 bridgehead atoms. The van der Waals surface area contributed by atoms with Crippen LogP contribution in [0.1, 0.15) is 27.0 Å². The van der Waals surface area contributed by atoms with Gasteiger partial charge in [-0.2, -0.15) is 0 Å². The zero-order valence-corrected chi connectivity index (χ0v) is 16.7. The average Bonchev–Trinajstić information content (AvgIpc) is 3.36. The Labute approximate surface area is 178 Å². The van der Waals surface area contributed by atoms with Crippen LogP contribution in [0.25, 0.3) is 6.08 Å². The number of hydrogen-bond acceptors (Lipinski definition) is 6. The fourth-order valence-electron chi connectivity index (χ4n) is 3.55. The molecular weight excluding hydrogens is 396 g/mol. The lowest BCUT2D eigenvalue weighted by Crippen LogP contribution is -2.12. The number of carbonyl (C=O) groups excluding carboxylic acids is 2. The number of Topliss-reactive ketones (excluding diaryl/α,β-unsaturated/α-hetero) is 1. The summed E-state index contributed by atoms with van der Waals surface area (Å²) in [6.45, 7) is 1.95. The van der Waals surface area contributed by atoms with Crippen molar-refractivity contribution in [3.8, 4) is 23.0 Å². The van der Waals surface area contributed by atoms with Gasteiger partial charge in [0, 0.05) is 5.56 Å². The van der Waals surface area contributed by atoms with Gasteiger partial charge < -0.3 is 18.9 Å². The highest BCUT2D eigenvalue weighted by Crippen LogP contribution is 2.40. The van der Waals surface area contributed by atoms with Crippen LogP contribution in [0.15, 0.2) is 66.4 Å². The van der Waals surface area contributed by atoms with Crippen LogP contribution < -0.4 is 18.9 Å². The first-order chi connectivity index (χ1) is 15.1. The van der Waals surface area contributed by atoms with Crippen LogP contribution in [-0.2, 0) is 11.2 Å². The molecule has 0 aliphatic carbocycles. The van der Waals surface area contributed by atoms with Crippen molar-refractivity contribution in [2.24, 2.45) is 0 Å². The Balaban J connectivity index is 1.36. The molecule has 154 valence electrons. The van der Waals surface area contributed by atoms with Crippen LogP contribution in [0, 0.1) is 6.92 Å². The molecule has 6 nitrogen and oxygen atoms in total. The fourth-order valence-corrected chi connectivity index (χ4v) is 3.55. The van der Waals surface area contributed by atoms with Crippen LogP contribution >= 0.6 is 0 Å². The van der Waals surface area contributed by atoms with Crippen molar-refractivity contribution in [1.82, 2.24) is 0 Å². The van der Waals surface area contributed by atoms with Crippen molar-refractivity contribution >= 4 is 17.8 Å². The zero-order chi connectivity index (χ0) is 21.4. The maximum atomic E-state index is 12.8. The minimum absolute atomic E-state index is 0.159. The average molecular weight is 414 g/mol. The van der Waals surface area contributed by atoms with Gasteiger partial charge in [0.05, 0.1) is 12.0 Å². The molecule has 0 fully saturated rings. The molecule has 3 aromatic rings. The molecule has 6 heteroatoms. The summed E-state index contributed by atoms with van der Waals surface area (Å²) in [7, 11) is 0. The number of ketones is 1. The van der Waals surface area contributed by atoms with Crippen LogP contribution in [0.3, 0.4) is 0 Å². The van der Waals surface area contributed by atoms with Crippen LogP contribution in [0.4, 0.5) is 0 Å². The maximum absolute atomic E-state index is 12.8. The molecule has 31 heavy (non-hydrogen) atoms. The smallest absolute Gasteiger partial charge is 0.315 e. The summed E-state index contributed by atoms with van der Waals surface area (Å²) in [5, 5.41) is 0. The molecule has 0 radical (unpaired) electrons. The molecule has 0 N–H and O–H groups in total. The highest BCUT2D eigenvalue weighted by molar-refractivity contribution is 6.15. The second kappa shape index (κ2) is 7.65. The number of fused-ring (bicyclic) bond motifs is 2. The van der Waals surface area contributed by atoms with Crippen molar-refractivity contribution < 1.29 is 28.5 Å². The Morgan fingerprint density at radius 3 is 2.68 bits per heavy atom. The van der Waals surface area contributed by atoms with Gasteiger partial charge >= 0.3 is 5.97 Å². The molecule has 0 saturated heterocycles. The summed E-state index contributed by atoms with van der Waals surface area (Å²) in [4.78, 5) is 25.1. The number of carbonyl (C=O) groups is 2. The van der Waals surface area contributed by atoms with Crippen molar-refractivity contribution in [1.29, 1.82) is 0 Å². The Bertz CT molecular complexity index is 1230. The van der Waals surface area contributed by atoms with Gasteiger partial charge in [-0.1, -0.05) is 36.4 Å². The number of ether oxygens (including phenoxy) is 4. The van der Waals surface area contributed by atoms with Crippen molar-refractivity contribution in [2.75, 3.05) is 6.79 Å². The fraction of sp³-hybridized carbons (Fsp3) is 0.120. The summed E-state index contributed by atoms with van der Waals surface area (Å²) in [5.74, 6) is 1.67. The monoisotopic (exact) mass is 414 g/mol. The van der Waals surface area contributed by atoms with Crippen LogP contribution in [-0.4, -0.2) is 18.5 Å². The highest BCUT2D eigenvalue weighted by Gasteiger charge is 2.30. The first kappa shape index (κ1) is 18.9. The Morgan fingerprint density at radius 1 is 1.03 bits per heavy atom. The van der Waals surface area contributed by atoms with Gasteiger partial charge in [-0.15, -0.1) is 0 Å². The van der Waals surface area contributed by atoms with Gasteiger partial charge in [0.25, 0.3) is 0 Å².